The fourth-order valence-corrected chi connectivity index (χ4v) is 2.22. The van der Waals surface area contributed by atoms with Gasteiger partial charge in [-0.25, -0.2) is 0 Å². The number of carbonyl (C=O) groups excluding carboxylic acids is 4. The Labute approximate surface area is 173 Å². The summed E-state index contributed by atoms with van der Waals surface area (Å²) in [6.45, 7) is 0.687. The van der Waals surface area contributed by atoms with Crippen LogP contribution in [0, 0.1) is 10.1 Å². The molecule has 170 valence electrons. The van der Waals surface area contributed by atoms with E-state index in [1.54, 1.807) is 5.32 Å². The first-order valence-electron chi connectivity index (χ1n) is 8.80. The molecule has 0 spiro atoms. The number of nitrogens with one attached hydrogen (secondary N) is 4. The zero-order valence-corrected chi connectivity index (χ0v) is 16.2. The van der Waals surface area contributed by atoms with Crippen LogP contribution >= 0.6 is 0 Å². The molecule has 0 bridgehead atoms. The molecule has 11 nitrogen and oxygen atoms in total. The summed E-state index contributed by atoms with van der Waals surface area (Å²) < 4.78 is 37.7. The van der Waals surface area contributed by atoms with Crippen molar-refractivity contribution in [3.8, 4) is 0 Å². The summed E-state index contributed by atoms with van der Waals surface area (Å²) in [7, 11) is 0. The number of carbonyl (C=O) groups is 4. The van der Waals surface area contributed by atoms with Crippen LogP contribution in [0.2, 0.25) is 0 Å². The first-order valence-corrected chi connectivity index (χ1v) is 8.80. The molecule has 1 rings (SSSR count). The van der Waals surface area contributed by atoms with E-state index in [0.717, 1.165) is 12.1 Å². The van der Waals surface area contributed by atoms with Crippen molar-refractivity contribution in [1.29, 1.82) is 0 Å². The van der Waals surface area contributed by atoms with Crippen molar-refractivity contribution in [2.45, 2.75) is 25.6 Å². The fraction of sp³-hybridized carbons (Fsp3) is 0.412. The van der Waals surface area contributed by atoms with Crippen LogP contribution in [-0.4, -0.2) is 60.4 Å². The molecule has 0 aliphatic heterocycles. The Hall–Kier alpha value is -3.71. The fourth-order valence-electron chi connectivity index (χ4n) is 2.22. The van der Waals surface area contributed by atoms with E-state index in [-0.39, 0.29) is 37.3 Å². The van der Waals surface area contributed by atoms with Crippen molar-refractivity contribution in [2.75, 3.05) is 19.6 Å². The van der Waals surface area contributed by atoms with E-state index in [4.69, 9.17) is 0 Å². The Balaban J connectivity index is 2.71. The van der Waals surface area contributed by atoms with Gasteiger partial charge >= 0.3 is 12.1 Å². The summed E-state index contributed by atoms with van der Waals surface area (Å²) in [5.41, 5.74) is 0.0240. The number of alkyl halides is 3. The van der Waals surface area contributed by atoms with Crippen molar-refractivity contribution < 1.29 is 37.3 Å². The molecule has 0 heterocycles. The number of nitro benzene ring substituents is 1. The maximum atomic E-state index is 12.6. The number of hydrogen-bond donors (Lipinski definition) is 4. The number of nitro groups is 1. The molecular formula is C17H20F3N5O6. The van der Waals surface area contributed by atoms with Crippen LogP contribution in [0.15, 0.2) is 24.3 Å². The van der Waals surface area contributed by atoms with Crippen molar-refractivity contribution in [3.63, 3.8) is 0 Å². The maximum Gasteiger partial charge on any atom is 0.471 e. The Kier molecular flexibility index (Phi) is 9.37. The van der Waals surface area contributed by atoms with E-state index >= 15 is 0 Å². The molecule has 0 aliphatic rings. The van der Waals surface area contributed by atoms with Crippen LogP contribution in [0.1, 0.15) is 12.5 Å². The highest BCUT2D eigenvalue weighted by Gasteiger charge is 2.40. The van der Waals surface area contributed by atoms with E-state index < -0.39 is 40.8 Å². The van der Waals surface area contributed by atoms with Gasteiger partial charge in [-0.05, 0) is 5.56 Å². The minimum Gasteiger partial charge on any atom is -0.353 e. The van der Waals surface area contributed by atoms with Gasteiger partial charge in [0.15, 0.2) is 0 Å². The zero-order chi connectivity index (χ0) is 23.6. The van der Waals surface area contributed by atoms with Gasteiger partial charge in [0.2, 0.25) is 17.7 Å². The number of nitrogens with zero attached hydrogens (tertiary/aromatic N) is 1. The third kappa shape index (κ3) is 9.56. The average molecular weight is 447 g/mol. The Morgan fingerprint density at radius 3 is 2.13 bits per heavy atom. The second-order valence-electron chi connectivity index (χ2n) is 6.20. The summed E-state index contributed by atoms with van der Waals surface area (Å²) in [4.78, 5) is 55.7. The lowest BCUT2D eigenvalue weighted by Crippen LogP contribution is -2.52. The summed E-state index contributed by atoms with van der Waals surface area (Å²) in [5.74, 6) is -4.24. The van der Waals surface area contributed by atoms with Crippen LogP contribution in [0.5, 0.6) is 0 Å². The van der Waals surface area contributed by atoms with Gasteiger partial charge in [0, 0.05) is 38.6 Å². The third-order valence-corrected chi connectivity index (χ3v) is 3.71. The highest BCUT2D eigenvalue weighted by Crippen LogP contribution is 2.16. The molecule has 0 saturated carbocycles. The van der Waals surface area contributed by atoms with E-state index in [1.165, 1.54) is 19.1 Å². The molecule has 0 aliphatic carbocycles. The van der Waals surface area contributed by atoms with Gasteiger partial charge in [0.05, 0.1) is 11.5 Å². The Morgan fingerprint density at radius 2 is 1.61 bits per heavy atom. The molecule has 0 saturated heterocycles. The van der Waals surface area contributed by atoms with E-state index in [1.807, 2.05) is 0 Å². The Morgan fingerprint density at radius 1 is 1.03 bits per heavy atom. The molecule has 14 heteroatoms. The molecule has 4 amide bonds. The lowest BCUT2D eigenvalue weighted by Gasteiger charge is -2.19. The molecule has 31 heavy (non-hydrogen) atoms. The molecule has 0 aromatic heterocycles. The van der Waals surface area contributed by atoms with Crippen LogP contribution < -0.4 is 21.3 Å². The summed E-state index contributed by atoms with van der Waals surface area (Å²) in [6.07, 6.45) is -5.58. The molecule has 1 atom stereocenters. The van der Waals surface area contributed by atoms with Gasteiger partial charge < -0.3 is 21.3 Å². The van der Waals surface area contributed by atoms with Gasteiger partial charge in [-0.3, -0.25) is 29.3 Å². The summed E-state index contributed by atoms with van der Waals surface area (Å²) in [6, 6.07) is 3.10. The minimum atomic E-state index is -5.22. The normalized spacial score (nSPS) is 11.7. The largest absolute Gasteiger partial charge is 0.471 e. The van der Waals surface area contributed by atoms with Crippen molar-refractivity contribution in [1.82, 2.24) is 21.3 Å². The van der Waals surface area contributed by atoms with Crippen LogP contribution in [0.4, 0.5) is 18.9 Å². The zero-order valence-electron chi connectivity index (χ0n) is 16.2. The smallest absolute Gasteiger partial charge is 0.353 e. The summed E-state index contributed by atoms with van der Waals surface area (Å²) in [5, 5.41) is 19.2. The number of amides is 4. The van der Waals surface area contributed by atoms with Crippen molar-refractivity contribution in [3.05, 3.63) is 39.9 Å². The lowest BCUT2D eigenvalue weighted by molar-refractivity contribution is -0.384. The second kappa shape index (κ2) is 11.5. The summed E-state index contributed by atoms with van der Waals surface area (Å²) >= 11 is 0. The van der Waals surface area contributed by atoms with E-state index in [2.05, 4.69) is 16.0 Å². The molecule has 1 aromatic carbocycles. The lowest BCUT2D eigenvalue weighted by atomic mass is 10.0. The average Bonchev–Trinajstić information content (AvgIpc) is 2.68. The highest BCUT2D eigenvalue weighted by molar-refractivity contribution is 5.90. The number of non-ortho nitro benzene ring substituents is 1. The number of hydrogen-bond acceptors (Lipinski definition) is 6. The highest BCUT2D eigenvalue weighted by atomic mass is 19.4. The van der Waals surface area contributed by atoms with Gasteiger partial charge in [-0.2, -0.15) is 13.2 Å². The minimum absolute atomic E-state index is 0.0817. The molecule has 1 unspecified atom stereocenters. The maximum absolute atomic E-state index is 12.6. The topological polar surface area (TPSA) is 160 Å². The Bertz CT molecular complexity index is 829. The van der Waals surface area contributed by atoms with Crippen LogP contribution in [-0.2, 0) is 25.6 Å². The van der Waals surface area contributed by atoms with Gasteiger partial charge in [0.25, 0.3) is 5.69 Å². The van der Waals surface area contributed by atoms with E-state index in [9.17, 15) is 42.5 Å². The van der Waals surface area contributed by atoms with Crippen molar-refractivity contribution >= 4 is 29.3 Å². The molecule has 0 fully saturated rings. The number of benzene rings is 1. The van der Waals surface area contributed by atoms with Crippen molar-refractivity contribution in [2.24, 2.45) is 0 Å². The predicted octanol–water partition coefficient (Wildman–Crippen LogP) is -0.447. The second-order valence-corrected chi connectivity index (χ2v) is 6.20. The number of halogens is 3. The number of rotatable bonds is 10. The molecule has 0 radical (unpaired) electrons. The molecule has 1 aromatic rings. The quantitative estimate of drug-likeness (QED) is 0.216. The van der Waals surface area contributed by atoms with Gasteiger partial charge in [0.1, 0.15) is 6.04 Å². The molecular weight excluding hydrogens is 427 g/mol. The first kappa shape index (κ1) is 25.3. The molecule has 4 N–H and O–H groups in total. The van der Waals surface area contributed by atoms with Gasteiger partial charge in [-0.15, -0.1) is 0 Å². The third-order valence-electron chi connectivity index (χ3n) is 3.71. The first-order chi connectivity index (χ1) is 14.4. The van der Waals surface area contributed by atoms with Crippen LogP contribution in [0.3, 0.4) is 0 Å². The predicted molar refractivity (Wildman–Crippen MR) is 99.5 cm³/mol. The van der Waals surface area contributed by atoms with Crippen LogP contribution in [0.25, 0.3) is 0 Å². The standard InChI is InChI=1S/C17H20F3N5O6/c1-10(26)23-9-14(27)21-6-7-22-15(28)13(24-16(29)17(18,19)20)8-11-2-4-12(5-3-11)25(30)31/h2-5,13H,6-9H2,1H3,(H,21,27)(H,22,28)(H,23,26)(H,24,29). The van der Waals surface area contributed by atoms with Gasteiger partial charge in [-0.1, -0.05) is 12.1 Å². The monoisotopic (exact) mass is 447 g/mol. The van der Waals surface area contributed by atoms with E-state index in [0.29, 0.717) is 0 Å². The SMILES string of the molecule is CC(=O)NCC(=O)NCCNC(=O)C(Cc1ccc([N+](=O)[O-])cc1)NC(=O)C(F)(F)F.